The maximum atomic E-state index is 11.6. The highest BCUT2D eigenvalue weighted by molar-refractivity contribution is 5.83. The maximum absolute atomic E-state index is 11.6. The zero-order valence-electron chi connectivity index (χ0n) is 9.71. The molecule has 0 rings (SSSR count). The Morgan fingerprint density at radius 3 is 2.69 bits per heavy atom. The summed E-state index contributed by atoms with van der Waals surface area (Å²) in [5, 5.41) is 3.32. The molecule has 0 fully saturated rings. The third kappa shape index (κ3) is 4.65. The average molecular weight is 228 g/mol. The normalized spacial score (nSPS) is 11.2. The Morgan fingerprint density at radius 2 is 2.19 bits per heavy atom. The lowest BCUT2D eigenvalue weighted by molar-refractivity contribution is -0.151. The highest BCUT2D eigenvalue weighted by Gasteiger charge is 2.22. The van der Waals surface area contributed by atoms with Crippen molar-refractivity contribution in [3.63, 3.8) is 0 Å². The van der Waals surface area contributed by atoms with Gasteiger partial charge in [-0.25, -0.2) is 4.79 Å². The van der Waals surface area contributed by atoms with Gasteiger partial charge in [-0.3, -0.25) is 4.79 Å². The summed E-state index contributed by atoms with van der Waals surface area (Å²) in [5.41, 5.74) is 8.04. The van der Waals surface area contributed by atoms with Crippen molar-refractivity contribution < 1.29 is 14.3 Å². The number of likely N-dealkylation sites (N-methyl/N-ethyl adjacent to an activating group) is 1. The van der Waals surface area contributed by atoms with Gasteiger partial charge in [-0.2, -0.15) is 0 Å². The SMILES string of the molecule is COC(=O)[C@H](C)N(C)C(=O)CCCN=[N+]=[N-]. The lowest BCUT2D eigenvalue weighted by Gasteiger charge is -2.22. The van der Waals surface area contributed by atoms with E-state index >= 15 is 0 Å². The first-order valence-electron chi connectivity index (χ1n) is 4.89. The van der Waals surface area contributed by atoms with Crippen LogP contribution in [0.4, 0.5) is 0 Å². The smallest absolute Gasteiger partial charge is 0.328 e. The van der Waals surface area contributed by atoms with E-state index < -0.39 is 12.0 Å². The predicted molar refractivity (Wildman–Crippen MR) is 57.5 cm³/mol. The Labute approximate surface area is 94.0 Å². The topological polar surface area (TPSA) is 95.4 Å². The Morgan fingerprint density at radius 1 is 1.56 bits per heavy atom. The number of carbonyl (C=O) groups is 2. The summed E-state index contributed by atoms with van der Waals surface area (Å²) in [6.45, 7) is 1.87. The number of nitrogens with zero attached hydrogens (tertiary/aromatic N) is 4. The van der Waals surface area contributed by atoms with E-state index in [2.05, 4.69) is 14.8 Å². The fourth-order valence-electron chi connectivity index (χ4n) is 1.07. The van der Waals surface area contributed by atoms with Crippen LogP contribution in [0.3, 0.4) is 0 Å². The summed E-state index contributed by atoms with van der Waals surface area (Å²) >= 11 is 0. The number of amides is 1. The van der Waals surface area contributed by atoms with Crippen LogP contribution in [-0.4, -0.2) is 43.5 Å². The molecule has 0 radical (unpaired) electrons. The van der Waals surface area contributed by atoms with Crippen LogP contribution in [0.2, 0.25) is 0 Å². The minimum Gasteiger partial charge on any atom is -0.467 e. The molecule has 0 aromatic rings. The third-order valence-electron chi connectivity index (χ3n) is 2.23. The van der Waals surface area contributed by atoms with Crippen molar-refractivity contribution in [2.75, 3.05) is 20.7 Å². The van der Waals surface area contributed by atoms with Crippen molar-refractivity contribution in [3.05, 3.63) is 10.4 Å². The molecule has 0 spiro atoms. The summed E-state index contributed by atoms with van der Waals surface area (Å²) < 4.78 is 4.53. The van der Waals surface area contributed by atoms with Gasteiger partial charge in [0.2, 0.25) is 5.91 Å². The fourth-order valence-corrected chi connectivity index (χ4v) is 1.07. The number of azide groups is 1. The van der Waals surface area contributed by atoms with E-state index in [1.807, 2.05) is 0 Å². The minimum absolute atomic E-state index is 0.175. The number of rotatable bonds is 6. The summed E-state index contributed by atoms with van der Waals surface area (Å²) in [6.07, 6.45) is 0.720. The number of hydrogen-bond acceptors (Lipinski definition) is 4. The van der Waals surface area contributed by atoms with Crippen molar-refractivity contribution in [3.8, 4) is 0 Å². The molecule has 0 saturated carbocycles. The van der Waals surface area contributed by atoms with Gasteiger partial charge in [-0.05, 0) is 18.9 Å². The molecule has 0 aromatic carbocycles. The Kier molecular flexibility index (Phi) is 6.71. The highest BCUT2D eigenvalue weighted by Crippen LogP contribution is 2.03. The zero-order chi connectivity index (χ0) is 12.6. The lowest BCUT2D eigenvalue weighted by Crippen LogP contribution is -2.40. The fraction of sp³-hybridized carbons (Fsp3) is 0.778. The van der Waals surface area contributed by atoms with Gasteiger partial charge in [-0.1, -0.05) is 5.11 Å². The van der Waals surface area contributed by atoms with Gasteiger partial charge >= 0.3 is 5.97 Å². The van der Waals surface area contributed by atoms with Crippen LogP contribution in [-0.2, 0) is 14.3 Å². The first-order chi connectivity index (χ1) is 7.54. The molecular weight excluding hydrogens is 212 g/mol. The number of carbonyl (C=O) groups excluding carboxylic acids is 2. The zero-order valence-corrected chi connectivity index (χ0v) is 9.71. The van der Waals surface area contributed by atoms with Crippen molar-refractivity contribution in [2.45, 2.75) is 25.8 Å². The Bertz CT molecular complexity index is 299. The van der Waals surface area contributed by atoms with Gasteiger partial charge in [0.15, 0.2) is 0 Å². The first kappa shape index (κ1) is 14.2. The standard InChI is InChI=1S/C9H16N4O3/c1-7(9(15)16-3)13(2)8(14)5-4-6-11-12-10/h7H,4-6H2,1-3H3/t7-/m0/s1. The van der Waals surface area contributed by atoms with Gasteiger partial charge in [0.1, 0.15) is 6.04 Å². The van der Waals surface area contributed by atoms with Crippen LogP contribution in [0, 0.1) is 0 Å². The van der Waals surface area contributed by atoms with Crippen molar-refractivity contribution in [1.29, 1.82) is 0 Å². The van der Waals surface area contributed by atoms with Gasteiger partial charge in [-0.15, -0.1) is 0 Å². The summed E-state index contributed by atoms with van der Waals surface area (Å²) in [7, 11) is 2.82. The lowest BCUT2D eigenvalue weighted by atomic mass is 10.2. The van der Waals surface area contributed by atoms with E-state index in [0.717, 1.165) is 0 Å². The van der Waals surface area contributed by atoms with Crippen LogP contribution in [0.5, 0.6) is 0 Å². The number of hydrogen-bond donors (Lipinski definition) is 0. The second-order valence-corrected chi connectivity index (χ2v) is 3.26. The van der Waals surface area contributed by atoms with Gasteiger partial charge in [0.25, 0.3) is 0 Å². The van der Waals surface area contributed by atoms with Crippen molar-refractivity contribution in [2.24, 2.45) is 5.11 Å². The second-order valence-electron chi connectivity index (χ2n) is 3.26. The second kappa shape index (κ2) is 7.53. The van der Waals surface area contributed by atoms with Crippen molar-refractivity contribution >= 4 is 11.9 Å². The van der Waals surface area contributed by atoms with E-state index in [1.165, 1.54) is 19.1 Å². The van der Waals surface area contributed by atoms with E-state index in [9.17, 15) is 9.59 Å². The molecule has 7 heteroatoms. The number of methoxy groups -OCH3 is 1. The third-order valence-corrected chi connectivity index (χ3v) is 2.23. The molecular formula is C9H16N4O3. The van der Waals surface area contributed by atoms with E-state index in [-0.39, 0.29) is 18.9 Å². The van der Waals surface area contributed by atoms with E-state index in [0.29, 0.717) is 6.42 Å². The van der Waals surface area contributed by atoms with Crippen LogP contribution in [0.15, 0.2) is 5.11 Å². The average Bonchev–Trinajstić information content (AvgIpc) is 2.31. The monoisotopic (exact) mass is 228 g/mol. The van der Waals surface area contributed by atoms with Gasteiger partial charge in [0, 0.05) is 24.9 Å². The largest absolute Gasteiger partial charge is 0.467 e. The highest BCUT2D eigenvalue weighted by atomic mass is 16.5. The molecule has 1 amide bonds. The van der Waals surface area contributed by atoms with Gasteiger partial charge < -0.3 is 9.64 Å². The molecule has 0 unspecified atom stereocenters. The van der Waals surface area contributed by atoms with E-state index in [4.69, 9.17) is 5.53 Å². The summed E-state index contributed by atoms with van der Waals surface area (Å²) in [6, 6.07) is -0.600. The molecule has 0 bridgehead atoms. The number of ether oxygens (including phenoxy) is 1. The Hall–Kier alpha value is -1.75. The summed E-state index contributed by atoms with van der Waals surface area (Å²) in [5.74, 6) is -0.628. The molecule has 90 valence electrons. The van der Waals surface area contributed by atoms with Crippen LogP contribution >= 0.6 is 0 Å². The minimum atomic E-state index is -0.600. The molecule has 16 heavy (non-hydrogen) atoms. The van der Waals surface area contributed by atoms with Crippen molar-refractivity contribution in [1.82, 2.24) is 4.90 Å². The quantitative estimate of drug-likeness (QED) is 0.224. The molecule has 0 N–H and O–H groups in total. The maximum Gasteiger partial charge on any atom is 0.328 e. The first-order valence-corrected chi connectivity index (χ1v) is 4.89. The van der Waals surface area contributed by atoms with E-state index in [1.54, 1.807) is 6.92 Å². The molecule has 0 heterocycles. The molecule has 0 aliphatic heterocycles. The molecule has 0 aromatic heterocycles. The molecule has 0 aliphatic carbocycles. The number of esters is 1. The Balaban J connectivity index is 4.07. The van der Waals surface area contributed by atoms with Crippen LogP contribution in [0.1, 0.15) is 19.8 Å². The predicted octanol–water partition coefficient (Wildman–Crippen LogP) is 1.10. The molecule has 1 atom stereocenters. The molecule has 0 saturated heterocycles. The molecule has 7 nitrogen and oxygen atoms in total. The van der Waals surface area contributed by atoms with Crippen LogP contribution < -0.4 is 0 Å². The van der Waals surface area contributed by atoms with Gasteiger partial charge in [0.05, 0.1) is 7.11 Å². The molecule has 0 aliphatic rings. The summed E-state index contributed by atoms with van der Waals surface area (Å²) in [4.78, 5) is 26.6. The van der Waals surface area contributed by atoms with Crippen LogP contribution in [0.25, 0.3) is 10.4 Å².